The lowest BCUT2D eigenvalue weighted by Gasteiger charge is -2.22. The predicted octanol–water partition coefficient (Wildman–Crippen LogP) is 5.38. The fourth-order valence-corrected chi connectivity index (χ4v) is 3.39. The van der Waals surface area contributed by atoms with Crippen LogP contribution in [0, 0.1) is 11.6 Å². The highest BCUT2D eigenvalue weighted by molar-refractivity contribution is 5.93. The number of pyridine rings is 1. The van der Waals surface area contributed by atoms with Crippen molar-refractivity contribution < 1.29 is 8.78 Å². The van der Waals surface area contributed by atoms with Crippen LogP contribution in [0.5, 0.6) is 0 Å². The van der Waals surface area contributed by atoms with E-state index in [-0.39, 0.29) is 0 Å². The molecule has 23 heavy (non-hydrogen) atoms. The topological polar surface area (TPSA) is 24.9 Å². The van der Waals surface area contributed by atoms with Gasteiger partial charge in [-0.1, -0.05) is 26.2 Å². The van der Waals surface area contributed by atoms with E-state index in [0.717, 1.165) is 50.0 Å². The molecule has 0 aliphatic heterocycles. The fourth-order valence-electron chi connectivity index (χ4n) is 3.39. The molecule has 2 nitrogen and oxygen atoms in total. The van der Waals surface area contributed by atoms with Crippen molar-refractivity contribution >= 4 is 16.6 Å². The number of rotatable bonds is 6. The minimum Gasteiger partial charge on any atom is -0.384 e. The molecule has 124 valence electrons. The molecule has 0 amide bonds. The first-order chi connectivity index (χ1) is 11.2. The third-order valence-electron chi connectivity index (χ3n) is 4.64. The zero-order chi connectivity index (χ0) is 16.2. The van der Waals surface area contributed by atoms with Crippen LogP contribution in [0.25, 0.3) is 10.9 Å². The first kappa shape index (κ1) is 16.2. The molecule has 0 unspecified atom stereocenters. The second kappa shape index (κ2) is 7.24. The number of halogens is 2. The Balaban J connectivity index is 1.96. The van der Waals surface area contributed by atoms with E-state index in [1.165, 1.54) is 37.0 Å². The van der Waals surface area contributed by atoms with E-state index in [9.17, 15) is 8.78 Å². The van der Waals surface area contributed by atoms with Crippen LogP contribution in [0.4, 0.5) is 14.5 Å². The van der Waals surface area contributed by atoms with Crippen molar-refractivity contribution in [3.05, 3.63) is 35.0 Å². The Hall–Kier alpha value is -1.71. The summed E-state index contributed by atoms with van der Waals surface area (Å²) in [6, 6.07) is 2.52. The van der Waals surface area contributed by atoms with Crippen LogP contribution in [0.3, 0.4) is 0 Å². The van der Waals surface area contributed by atoms with Crippen LogP contribution >= 0.6 is 0 Å². The zero-order valence-electron chi connectivity index (χ0n) is 13.7. The Bertz CT molecular complexity index is 698. The molecule has 1 aliphatic rings. The number of hydrogen-bond donors (Lipinski definition) is 1. The van der Waals surface area contributed by atoms with Crippen LogP contribution in [-0.2, 0) is 12.8 Å². The van der Waals surface area contributed by atoms with Gasteiger partial charge in [0.25, 0.3) is 0 Å². The molecule has 1 heterocycles. The maximum absolute atomic E-state index is 13.7. The van der Waals surface area contributed by atoms with Gasteiger partial charge in [-0.3, -0.25) is 4.98 Å². The standard InChI is InChI=1S/C19H24F2N2/c1-2-3-4-7-10-22-19-13-8-5-6-9-17(13)23-18-12-16(21)15(20)11-14(18)19/h11-12H,2-10H2,1H3,(H,22,23). The Kier molecular flexibility index (Phi) is 5.09. The van der Waals surface area contributed by atoms with E-state index in [1.807, 2.05) is 0 Å². The van der Waals surface area contributed by atoms with Gasteiger partial charge in [0.15, 0.2) is 11.6 Å². The smallest absolute Gasteiger partial charge is 0.161 e. The molecule has 0 bridgehead atoms. The number of anilines is 1. The van der Waals surface area contributed by atoms with Gasteiger partial charge >= 0.3 is 0 Å². The number of benzene rings is 1. The Morgan fingerprint density at radius 3 is 2.65 bits per heavy atom. The third-order valence-corrected chi connectivity index (χ3v) is 4.64. The number of aromatic nitrogens is 1. The number of nitrogens with zero attached hydrogens (tertiary/aromatic N) is 1. The summed E-state index contributed by atoms with van der Waals surface area (Å²) in [4.78, 5) is 4.59. The predicted molar refractivity (Wildman–Crippen MR) is 90.9 cm³/mol. The van der Waals surface area contributed by atoms with E-state index >= 15 is 0 Å². The summed E-state index contributed by atoms with van der Waals surface area (Å²) in [5, 5.41) is 4.20. The number of nitrogens with one attached hydrogen (secondary N) is 1. The summed E-state index contributed by atoms with van der Waals surface area (Å²) in [7, 11) is 0. The molecule has 4 heteroatoms. The maximum atomic E-state index is 13.7. The molecule has 1 aliphatic carbocycles. The van der Waals surface area contributed by atoms with E-state index in [2.05, 4.69) is 17.2 Å². The second-order valence-corrected chi connectivity index (χ2v) is 6.39. The third kappa shape index (κ3) is 3.46. The zero-order valence-corrected chi connectivity index (χ0v) is 13.7. The van der Waals surface area contributed by atoms with Crippen molar-refractivity contribution in [2.75, 3.05) is 11.9 Å². The lowest BCUT2D eigenvalue weighted by Crippen LogP contribution is -2.12. The number of hydrogen-bond acceptors (Lipinski definition) is 2. The summed E-state index contributed by atoms with van der Waals surface area (Å²) < 4.78 is 27.3. The Morgan fingerprint density at radius 2 is 1.83 bits per heavy atom. The van der Waals surface area contributed by atoms with Gasteiger partial charge in [-0.25, -0.2) is 8.78 Å². The quantitative estimate of drug-likeness (QED) is 0.723. The molecular weight excluding hydrogens is 294 g/mol. The minimum absolute atomic E-state index is 0.556. The molecular formula is C19H24F2N2. The summed E-state index contributed by atoms with van der Waals surface area (Å²) in [5.74, 6) is -1.63. The summed E-state index contributed by atoms with van der Waals surface area (Å²) >= 11 is 0. The fraction of sp³-hybridized carbons (Fsp3) is 0.526. The van der Waals surface area contributed by atoms with Gasteiger partial charge in [-0.2, -0.15) is 0 Å². The molecule has 3 rings (SSSR count). The highest BCUT2D eigenvalue weighted by Crippen LogP contribution is 2.34. The molecule has 0 saturated heterocycles. The van der Waals surface area contributed by atoms with Crippen LogP contribution in [0.2, 0.25) is 0 Å². The Labute approximate surface area is 136 Å². The Morgan fingerprint density at radius 1 is 1.04 bits per heavy atom. The lowest BCUT2D eigenvalue weighted by atomic mass is 9.92. The molecule has 1 aromatic heterocycles. The van der Waals surface area contributed by atoms with E-state index in [4.69, 9.17) is 0 Å². The van der Waals surface area contributed by atoms with Crippen molar-refractivity contribution in [1.82, 2.24) is 4.98 Å². The molecule has 0 fully saturated rings. The molecule has 0 radical (unpaired) electrons. The number of fused-ring (bicyclic) bond motifs is 2. The van der Waals surface area contributed by atoms with Crippen LogP contribution in [0.1, 0.15) is 56.7 Å². The average Bonchev–Trinajstić information content (AvgIpc) is 2.55. The van der Waals surface area contributed by atoms with Gasteiger partial charge in [0.2, 0.25) is 0 Å². The van der Waals surface area contributed by atoms with Crippen molar-refractivity contribution in [2.24, 2.45) is 0 Å². The SMILES string of the molecule is CCCCCCNc1c2c(nc3cc(F)c(F)cc13)CCCC2. The monoisotopic (exact) mass is 318 g/mol. The van der Waals surface area contributed by atoms with Crippen molar-refractivity contribution in [1.29, 1.82) is 0 Å². The summed E-state index contributed by atoms with van der Waals surface area (Å²) in [5.41, 5.74) is 3.77. The lowest BCUT2D eigenvalue weighted by molar-refractivity contribution is 0.510. The summed E-state index contributed by atoms with van der Waals surface area (Å²) in [6.07, 6.45) is 8.87. The van der Waals surface area contributed by atoms with Crippen molar-refractivity contribution in [2.45, 2.75) is 58.3 Å². The first-order valence-corrected chi connectivity index (χ1v) is 8.75. The van der Waals surface area contributed by atoms with Crippen LogP contribution in [0.15, 0.2) is 12.1 Å². The molecule has 0 atom stereocenters. The van der Waals surface area contributed by atoms with Gasteiger partial charge in [0.05, 0.1) is 5.52 Å². The largest absolute Gasteiger partial charge is 0.384 e. The summed E-state index contributed by atoms with van der Waals surface area (Å²) in [6.45, 7) is 3.06. The number of aryl methyl sites for hydroxylation is 1. The molecule has 0 saturated carbocycles. The van der Waals surface area contributed by atoms with Gasteiger partial charge in [-0.15, -0.1) is 0 Å². The van der Waals surface area contributed by atoms with E-state index in [1.54, 1.807) is 0 Å². The molecule has 1 aromatic carbocycles. The van der Waals surface area contributed by atoms with Gasteiger partial charge in [-0.05, 0) is 43.7 Å². The number of unbranched alkanes of at least 4 members (excludes halogenated alkanes) is 3. The average molecular weight is 318 g/mol. The first-order valence-electron chi connectivity index (χ1n) is 8.75. The maximum Gasteiger partial charge on any atom is 0.161 e. The van der Waals surface area contributed by atoms with Crippen LogP contribution < -0.4 is 5.32 Å². The molecule has 0 spiro atoms. The van der Waals surface area contributed by atoms with Crippen molar-refractivity contribution in [3.63, 3.8) is 0 Å². The van der Waals surface area contributed by atoms with E-state index in [0.29, 0.717) is 10.9 Å². The molecule has 2 aromatic rings. The second-order valence-electron chi connectivity index (χ2n) is 6.39. The van der Waals surface area contributed by atoms with Crippen LogP contribution in [-0.4, -0.2) is 11.5 Å². The highest BCUT2D eigenvalue weighted by atomic mass is 19.2. The highest BCUT2D eigenvalue weighted by Gasteiger charge is 2.19. The minimum atomic E-state index is -0.824. The van der Waals surface area contributed by atoms with Gasteiger partial charge < -0.3 is 5.32 Å². The van der Waals surface area contributed by atoms with Crippen molar-refractivity contribution in [3.8, 4) is 0 Å². The normalized spacial score (nSPS) is 14.0. The van der Waals surface area contributed by atoms with Gasteiger partial charge in [0, 0.05) is 29.4 Å². The van der Waals surface area contributed by atoms with E-state index < -0.39 is 11.6 Å². The molecule has 1 N–H and O–H groups in total. The van der Waals surface area contributed by atoms with Gasteiger partial charge in [0.1, 0.15) is 0 Å².